The molecule has 1 unspecified atom stereocenters. The maximum Gasteiger partial charge on any atom is 0.376 e. The monoisotopic (exact) mass is 584 g/mol. The summed E-state index contributed by atoms with van der Waals surface area (Å²) in [6.45, 7) is 15.5. The molecule has 1 saturated carbocycles. The number of alkyl halides is 4. The summed E-state index contributed by atoms with van der Waals surface area (Å²) >= 11 is 0. The SMILES string of the molecule is C=C(OCC(COC(=O)C(C)(F)F)OC(=O)C(C)(C)CC)C(C)(F)F.CCC1(OC(=O)C(C)(C)CC)CCCC1. The second-order valence-electron chi connectivity index (χ2n) is 11.7. The third kappa shape index (κ3) is 12.5. The second-order valence-corrected chi connectivity index (χ2v) is 11.7. The van der Waals surface area contributed by atoms with Crippen molar-refractivity contribution in [3.8, 4) is 0 Å². The van der Waals surface area contributed by atoms with Crippen LogP contribution in [0.1, 0.15) is 107 Å². The Morgan fingerprint density at radius 3 is 1.60 bits per heavy atom. The first kappa shape index (κ1) is 37.7. The number of carbonyl (C=O) groups excluding carboxylic acids is 3. The minimum absolute atomic E-state index is 0.0197. The molecule has 1 atom stereocenters. The van der Waals surface area contributed by atoms with Crippen molar-refractivity contribution in [1.82, 2.24) is 0 Å². The van der Waals surface area contributed by atoms with Crippen LogP contribution in [-0.2, 0) is 33.3 Å². The minimum Gasteiger partial charge on any atom is -0.488 e. The van der Waals surface area contributed by atoms with Gasteiger partial charge in [0.05, 0.1) is 10.8 Å². The molecule has 0 aromatic carbocycles. The van der Waals surface area contributed by atoms with Gasteiger partial charge in [0.1, 0.15) is 18.8 Å². The Morgan fingerprint density at radius 2 is 1.20 bits per heavy atom. The lowest BCUT2D eigenvalue weighted by atomic mass is 9.89. The number of esters is 3. The quantitative estimate of drug-likeness (QED) is 0.0909. The van der Waals surface area contributed by atoms with Gasteiger partial charge in [0.2, 0.25) is 0 Å². The van der Waals surface area contributed by atoms with Gasteiger partial charge >= 0.3 is 29.8 Å². The Morgan fingerprint density at radius 1 is 0.750 bits per heavy atom. The van der Waals surface area contributed by atoms with E-state index in [0.717, 1.165) is 25.7 Å². The average Bonchev–Trinajstić information content (AvgIpc) is 3.32. The van der Waals surface area contributed by atoms with Crippen molar-refractivity contribution < 1.29 is 50.9 Å². The van der Waals surface area contributed by atoms with Crippen molar-refractivity contribution in [2.45, 2.75) is 131 Å². The average molecular weight is 585 g/mol. The van der Waals surface area contributed by atoms with Gasteiger partial charge in [-0.1, -0.05) is 27.4 Å². The molecule has 0 amide bonds. The number of ether oxygens (including phenoxy) is 4. The van der Waals surface area contributed by atoms with Gasteiger partial charge in [-0.05, 0) is 72.6 Å². The lowest BCUT2D eigenvalue weighted by Gasteiger charge is -2.32. The molecule has 234 valence electrons. The van der Waals surface area contributed by atoms with Gasteiger partial charge in [-0.2, -0.15) is 17.6 Å². The number of hydrogen-bond donors (Lipinski definition) is 0. The molecule has 40 heavy (non-hydrogen) atoms. The molecule has 1 aliphatic carbocycles. The van der Waals surface area contributed by atoms with Gasteiger partial charge in [0.15, 0.2) is 11.9 Å². The van der Waals surface area contributed by atoms with E-state index in [-0.39, 0.29) is 17.0 Å². The summed E-state index contributed by atoms with van der Waals surface area (Å²) in [5.74, 6) is -10.5. The fourth-order valence-corrected chi connectivity index (χ4v) is 3.21. The number of carbonyl (C=O) groups is 3. The molecular weight excluding hydrogens is 536 g/mol. The van der Waals surface area contributed by atoms with Crippen molar-refractivity contribution in [2.75, 3.05) is 13.2 Å². The van der Waals surface area contributed by atoms with E-state index in [9.17, 15) is 31.9 Å². The molecule has 0 aliphatic heterocycles. The number of rotatable bonds is 14. The van der Waals surface area contributed by atoms with E-state index in [0.29, 0.717) is 20.3 Å². The number of halogens is 4. The van der Waals surface area contributed by atoms with E-state index < -0.39 is 54.3 Å². The number of hydrogen-bond acceptors (Lipinski definition) is 7. The maximum absolute atomic E-state index is 13.0. The van der Waals surface area contributed by atoms with Crippen LogP contribution in [0.25, 0.3) is 0 Å². The zero-order chi connectivity index (χ0) is 31.6. The molecule has 0 N–H and O–H groups in total. The first-order chi connectivity index (χ1) is 18.1. The van der Waals surface area contributed by atoms with Crippen molar-refractivity contribution >= 4 is 17.9 Å². The van der Waals surface area contributed by atoms with Crippen molar-refractivity contribution in [3.05, 3.63) is 12.3 Å². The molecule has 11 heteroatoms. The zero-order valence-electron chi connectivity index (χ0n) is 25.5. The molecule has 0 saturated heterocycles. The summed E-state index contributed by atoms with van der Waals surface area (Å²) in [5.41, 5.74) is -1.36. The third-order valence-corrected chi connectivity index (χ3v) is 7.31. The first-order valence-corrected chi connectivity index (χ1v) is 13.8. The van der Waals surface area contributed by atoms with Gasteiger partial charge in [-0.3, -0.25) is 9.59 Å². The molecule has 1 rings (SSSR count). The van der Waals surface area contributed by atoms with Gasteiger partial charge in [-0.25, -0.2) is 4.79 Å². The predicted octanol–water partition coefficient (Wildman–Crippen LogP) is 7.41. The van der Waals surface area contributed by atoms with Crippen molar-refractivity contribution in [1.29, 1.82) is 0 Å². The van der Waals surface area contributed by atoms with E-state index in [1.165, 1.54) is 12.8 Å². The standard InChI is InChI=1S/C16H24F4O5.C13H24O2/c1-7-14(3,4)12(21)25-11(8-23-10(2)15(5,17)18)9-24-13(22)16(6,19)20;1-5-12(3,4)11(14)15-13(6-2)9-7-8-10-13/h11H,2,7-9H2,1,3-6H3;5-10H2,1-4H3. The summed E-state index contributed by atoms with van der Waals surface area (Å²) < 4.78 is 71.6. The van der Waals surface area contributed by atoms with Crippen molar-refractivity contribution in [3.63, 3.8) is 0 Å². The van der Waals surface area contributed by atoms with Crippen LogP contribution >= 0.6 is 0 Å². The highest BCUT2D eigenvalue weighted by Gasteiger charge is 2.40. The Bertz CT molecular complexity index is 821. The smallest absolute Gasteiger partial charge is 0.376 e. The second kappa shape index (κ2) is 15.1. The zero-order valence-corrected chi connectivity index (χ0v) is 25.5. The molecule has 0 radical (unpaired) electrons. The van der Waals surface area contributed by atoms with E-state index in [1.54, 1.807) is 20.8 Å². The fraction of sp³-hybridized carbons (Fsp3) is 0.828. The largest absolute Gasteiger partial charge is 0.488 e. The highest BCUT2D eigenvalue weighted by Crippen LogP contribution is 2.38. The van der Waals surface area contributed by atoms with Gasteiger partial charge < -0.3 is 18.9 Å². The highest BCUT2D eigenvalue weighted by molar-refractivity contribution is 5.77. The molecule has 0 spiro atoms. The Labute approximate surface area is 236 Å². The summed E-state index contributed by atoms with van der Waals surface area (Å²) in [7, 11) is 0. The Hall–Kier alpha value is -2.33. The van der Waals surface area contributed by atoms with Crippen LogP contribution in [0.15, 0.2) is 12.3 Å². The normalized spacial score (nSPS) is 16.2. The van der Waals surface area contributed by atoms with E-state index in [4.69, 9.17) is 14.2 Å². The molecule has 1 fully saturated rings. The molecule has 7 nitrogen and oxygen atoms in total. The fourth-order valence-electron chi connectivity index (χ4n) is 3.21. The summed E-state index contributed by atoms with van der Waals surface area (Å²) in [5, 5.41) is 0. The lowest BCUT2D eigenvalue weighted by Crippen LogP contribution is -2.37. The molecule has 1 aliphatic rings. The molecular formula is C29H48F4O7. The van der Waals surface area contributed by atoms with Gasteiger partial charge in [0.25, 0.3) is 0 Å². The van der Waals surface area contributed by atoms with Gasteiger partial charge in [-0.15, -0.1) is 0 Å². The lowest BCUT2D eigenvalue weighted by molar-refractivity contribution is -0.180. The first-order valence-electron chi connectivity index (χ1n) is 13.8. The summed E-state index contributed by atoms with van der Waals surface area (Å²) in [6.07, 6.45) is 5.37. The van der Waals surface area contributed by atoms with Gasteiger partial charge in [0, 0.05) is 13.8 Å². The highest BCUT2D eigenvalue weighted by atomic mass is 19.3. The minimum atomic E-state index is -3.74. The van der Waals surface area contributed by atoms with E-state index >= 15 is 0 Å². The third-order valence-electron chi connectivity index (χ3n) is 7.31. The van der Waals surface area contributed by atoms with Crippen molar-refractivity contribution in [2.24, 2.45) is 10.8 Å². The Balaban J connectivity index is 0.000000858. The molecule has 0 bridgehead atoms. The van der Waals surface area contributed by atoms with Crippen LogP contribution in [0.2, 0.25) is 0 Å². The van der Waals surface area contributed by atoms with Crippen LogP contribution in [0.3, 0.4) is 0 Å². The molecule has 0 aromatic rings. The van der Waals surface area contributed by atoms with Crippen LogP contribution in [0.5, 0.6) is 0 Å². The van der Waals surface area contributed by atoms with Crippen LogP contribution in [0, 0.1) is 10.8 Å². The van der Waals surface area contributed by atoms with E-state index in [2.05, 4.69) is 18.2 Å². The maximum atomic E-state index is 13.0. The van der Waals surface area contributed by atoms with E-state index in [1.807, 2.05) is 20.8 Å². The Kier molecular flexibility index (Phi) is 14.2. The molecule has 0 aromatic heterocycles. The number of allylic oxidation sites excluding steroid dienone is 1. The summed E-state index contributed by atoms with van der Waals surface area (Å²) in [4.78, 5) is 35.2. The summed E-state index contributed by atoms with van der Waals surface area (Å²) in [6, 6.07) is 0. The molecule has 0 heterocycles. The van der Waals surface area contributed by atoms with Crippen LogP contribution in [0.4, 0.5) is 17.6 Å². The van der Waals surface area contributed by atoms with Crippen LogP contribution in [-0.4, -0.2) is 54.7 Å². The predicted molar refractivity (Wildman–Crippen MR) is 143 cm³/mol. The van der Waals surface area contributed by atoms with Crippen LogP contribution < -0.4 is 0 Å². The topological polar surface area (TPSA) is 88.1 Å².